The van der Waals surface area contributed by atoms with Crippen molar-refractivity contribution in [2.75, 3.05) is 5.32 Å². The second kappa shape index (κ2) is 5.88. The molecule has 1 aromatic carbocycles. The number of aromatic nitrogens is 2. The van der Waals surface area contributed by atoms with E-state index in [2.05, 4.69) is 45.1 Å². The molecule has 19 heavy (non-hydrogen) atoms. The largest absolute Gasteiger partial charge is 0.339 e. The first-order chi connectivity index (χ1) is 8.95. The van der Waals surface area contributed by atoms with E-state index in [4.69, 9.17) is 11.6 Å². The number of nitrogens with zero attached hydrogens (tertiary/aromatic N) is 2. The fourth-order valence-corrected chi connectivity index (χ4v) is 2.30. The molecule has 2 rings (SSSR count). The normalized spacial score (nSPS) is 10.8. The highest BCUT2D eigenvalue weighted by molar-refractivity contribution is 9.10. The fraction of sp³-hybridized carbons (Fsp3) is 0.286. The molecular weight excluding hydrogens is 326 g/mol. The summed E-state index contributed by atoms with van der Waals surface area (Å²) in [5, 5.41) is 3.90. The van der Waals surface area contributed by atoms with Crippen molar-refractivity contribution in [3.8, 4) is 0 Å². The molecule has 0 fully saturated rings. The molecule has 0 atom stereocenters. The lowest BCUT2D eigenvalue weighted by Crippen LogP contribution is -2.02. The molecule has 3 nitrogen and oxygen atoms in total. The number of halogens is 2. The predicted molar refractivity (Wildman–Crippen MR) is 83.3 cm³/mol. The van der Waals surface area contributed by atoms with Crippen molar-refractivity contribution in [1.82, 2.24) is 9.97 Å². The average molecular weight is 341 g/mol. The van der Waals surface area contributed by atoms with Crippen LogP contribution < -0.4 is 5.32 Å². The number of nitrogens with one attached hydrogen (secondary N) is 1. The highest BCUT2D eigenvalue weighted by Gasteiger charge is 2.08. The predicted octanol–water partition coefficient (Wildman–Crippen LogP) is 5.07. The first kappa shape index (κ1) is 14.3. The van der Waals surface area contributed by atoms with Crippen LogP contribution in [0.3, 0.4) is 0 Å². The topological polar surface area (TPSA) is 37.8 Å². The Morgan fingerprint density at radius 1 is 1.21 bits per heavy atom. The molecule has 0 saturated heterocycles. The van der Waals surface area contributed by atoms with E-state index in [0.29, 0.717) is 5.02 Å². The average Bonchev–Trinajstić information content (AvgIpc) is 2.32. The van der Waals surface area contributed by atoms with Gasteiger partial charge in [0, 0.05) is 12.0 Å². The molecule has 2 aromatic rings. The standard InChI is InChI=1S/C14H15BrClN3/c1-8(2)14-18-12(15)7-13(19-14)17-11-5-4-9(3)6-10(11)16/h4-8H,1-3H3,(H,17,18,19). The van der Waals surface area contributed by atoms with Crippen LogP contribution in [-0.4, -0.2) is 9.97 Å². The lowest BCUT2D eigenvalue weighted by molar-refractivity contribution is 0.771. The van der Waals surface area contributed by atoms with E-state index >= 15 is 0 Å². The van der Waals surface area contributed by atoms with Crippen molar-refractivity contribution in [1.29, 1.82) is 0 Å². The molecular formula is C14H15BrClN3. The van der Waals surface area contributed by atoms with Crippen molar-refractivity contribution < 1.29 is 0 Å². The summed E-state index contributed by atoms with van der Waals surface area (Å²) in [4.78, 5) is 8.83. The van der Waals surface area contributed by atoms with Crippen molar-refractivity contribution in [2.24, 2.45) is 0 Å². The minimum atomic E-state index is 0.270. The summed E-state index contributed by atoms with van der Waals surface area (Å²) in [6.07, 6.45) is 0. The number of hydrogen-bond donors (Lipinski definition) is 1. The third-order valence-corrected chi connectivity index (χ3v) is 3.33. The number of aryl methyl sites for hydroxylation is 1. The summed E-state index contributed by atoms with van der Waals surface area (Å²) < 4.78 is 0.761. The monoisotopic (exact) mass is 339 g/mol. The maximum absolute atomic E-state index is 6.20. The molecule has 0 bridgehead atoms. The van der Waals surface area contributed by atoms with Gasteiger partial charge < -0.3 is 5.32 Å². The summed E-state index contributed by atoms with van der Waals surface area (Å²) in [7, 11) is 0. The Labute approximate surface area is 126 Å². The van der Waals surface area contributed by atoms with Gasteiger partial charge in [0.05, 0.1) is 10.7 Å². The molecule has 0 aliphatic rings. The van der Waals surface area contributed by atoms with Crippen molar-refractivity contribution in [3.63, 3.8) is 0 Å². The van der Waals surface area contributed by atoms with Crippen LogP contribution >= 0.6 is 27.5 Å². The van der Waals surface area contributed by atoms with E-state index < -0.39 is 0 Å². The quantitative estimate of drug-likeness (QED) is 0.793. The van der Waals surface area contributed by atoms with Gasteiger partial charge in [0.15, 0.2) is 0 Å². The van der Waals surface area contributed by atoms with E-state index in [9.17, 15) is 0 Å². The Morgan fingerprint density at radius 2 is 1.95 bits per heavy atom. The molecule has 0 aliphatic heterocycles. The molecule has 0 radical (unpaired) electrons. The fourth-order valence-electron chi connectivity index (χ4n) is 1.62. The first-order valence-corrected chi connectivity index (χ1v) is 7.20. The Balaban J connectivity index is 2.32. The minimum absolute atomic E-state index is 0.270. The van der Waals surface area contributed by atoms with Crippen LogP contribution in [0.25, 0.3) is 0 Å². The van der Waals surface area contributed by atoms with E-state index in [1.807, 2.05) is 31.2 Å². The summed E-state index contributed by atoms with van der Waals surface area (Å²) in [5.74, 6) is 1.79. The third kappa shape index (κ3) is 3.67. The highest BCUT2D eigenvalue weighted by Crippen LogP contribution is 2.27. The third-order valence-electron chi connectivity index (χ3n) is 2.62. The Kier molecular flexibility index (Phi) is 4.42. The summed E-state index contributed by atoms with van der Waals surface area (Å²) >= 11 is 9.60. The van der Waals surface area contributed by atoms with Gasteiger partial charge in [-0.15, -0.1) is 0 Å². The van der Waals surface area contributed by atoms with Gasteiger partial charge in [-0.1, -0.05) is 31.5 Å². The van der Waals surface area contributed by atoms with Crippen LogP contribution in [0.4, 0.5) is 11.5 Å². The van der Waals surface area contributed by atoms with Gasteiger partial charge in [0.2, 0.25) is 0 Å². The lowest BCUT2D eigenvalue weighted by atomic mass is 10.2. The molecule has 1 N–H and O–H groups in total. The zero-order valence-electron chi connectivity index (χ0n) is 11.0. The molecule has 1 heterocycles. The van der Waals surface area contributed by atoms with Crippen LogP contribution in [0.5, 0.6) is 0 Å². The smallest absolute Gasteiger partial charge is 0.135 e. The van der Waals surface area contributed by atoms with Crippen molar-refractivity contribution in [3.05, 3.63) is 45.3 Å². The number of rotatable bonds is 3. The van der Waals surface area contributed by atoms with Gasteiger partial charge in [-0.2, -0.15) is 0 Å². The first-order valence-electron chi connectivity index (χ1n) is 6.03. The van der Waals surface area contributed by atoms with Gasteiger partial charge >= 0.3 is 0 Å². The molecule has 0 saturated carbocycles. The zero-order chi connectivity index (χ0) is 14.0. The second-order valence-corrected chi connectivity index (χ2v) is 5.92. The van der Waals surface area contributed by atoms with E-state index in [0.717, 1.165) is 27.5 Å². The van der Waals surface area contributed by atoms with Gasteiger partial charge in [-0.25, -0.2) is 9.97 Å². The van der Waals surface area contributed by atoms with Crippen LogP contribution in [0.1, 0.15) is 31.2 Å². The molecule has 0 aliphatic carbocycles. The van der Waals surface area contributed by atoms with E-state index in [1.165, 1.54) is 0 Å². The van der Waals surface area contributed by atoms with E-state index in [1.54, 1.807) is 0 Å². The number of hydrogen-bond acceptors (Lipinski definition) is 3. The number of anilines is 2. The van der Waals surface area contributed by atoms with Crippen LogP contribution in [0, 0.1) is 6.92 Å². The summed E-state index contributed by atoms with van der Waals surface area (Å²) in [6, 6.07) is 7.71. The minimum Gasteiger partial charge on any atom is -0.339 e. The molecule has 0 amide bonds. The van der Waals surface area contributed by atoms with Crippen molar-refractivity contribution >= 4 is 39.0 Å². The van der Waals surface area contributed by atoms with Crippen LogP contribution in [-0.2, 0) is 0 Å². The number of benzene rings is 1. The summed E-state index contributed by atoms with van der Waals surface area (Å²) in [6.45, 7) is 6.13. The molecule has 100 valence electrons. The van der Waals surface area contributed by atoms with Crippen LogP contribution in [0.2, 0.25) is 5.02 Å². The second-order valence-electron chi connectivity index (χ2n) is 4.70. The van der Waals surface area contributed by atoms with Gasteiger partial charge in [-0.05, 0) is 40.5 Å². The Morgan fingerprint density at radius 3 is 2.58 bits per heavy atom. The van der Waals surface area contributed by atoms with Gasteiger partial charge in [0.1, 0.15) is 16.2 Å². The molecule has 0 unspecified atom stereocenters. The zero-order valence-corrected chi connectivity index (χ0v) is 13.4. The van der Waals surface area contributed by atoms with Crippen molar-refractivity contribution in [2.45, 2.75) is 26.7 Å². The van der Waals surface area contributed by atoms with Gasteiger partial charge in [0.25, 0.3) is 0 Å². The Bertz CT molecular complexity index is 599. The molecule has 1 aromatic heterocycles. The van der Waals surface area contributed by atoms with Gasteiger partial charge in [-0.3, -0.25) is 0 Å². The maximum atomic E-state index is 6.20. The SMILES string of the molecule is Cc1ccc(Nc2cc(Br)nc(C(C)C)n2)c(Cl)c1. The molecule has 0 spiro atoms. The van der Waals surface area contributed by atoms with E-state index in [-0.39, 0.29) is 5.92 Å². The lowest BCUT2D eigenvalue weighted by Gasteiger charge is -2.11. The molecule has 5 heteroatoms. The highest BCUT2D eigenvalue weighted by atomic mass is 79.9. The van der Waals surface area contributed by atoms with Crippen LogP contribution in [0.15, 0.2) is 28.9 Å². The maximum Gasteiger partial charge on any atom is 0.135 e. The Hall–Kier alpha value is -1.13. The summed E-state index contributed by atoms with van der Waals surface area (Å²) in [5.41, 5.74) is 1.97.